The highest BCUT2D eigenvalue weighted by Crippen LogP contribution is 2.36. The molecule has 0 amide bonds. The van der Waals surface area contributed by atoms with Gasteiger partial charge in [0.2, 0.25) is 0 Å². The number of anilines is 1. The molecule has 1 heterocycles. The van der Waals surface area contributed by atoms with E-state index >= 15 is 0 Å². The molecule has 4 nitrogen and oxygen atoms in total. The van der Waals surface area contributed by atoms with Crippen LogP contribution in [0.15, 0.2) is 36.5 Å². The van der Waals surface area contributed by atoms with Gasteiger partial charge in [-0.25, -0.2) is 0 Å². The second kappa shape index (κ2) is 8.93. The maximum Gasteiger partial charge on any atom is 0.163 e. The number of ether oxygens (including phenoxy) is 2. The Labute approximate surface area is 156 Å². The lowest BCUT2D eigenvalue weighted by molar-refractivity contribution is 0.340. The van der Waals surface area contributed by atoms with Crippen molar-refractivity contribution in [3.63, 3.8) is 0 Å². The molecule has 26 heavy (non-hydrogen) atoms. The molecule has 1 aromatic carbocycles. The van der Waals surface area contributed by atoms with Gasteiger partial charge < -0.3 is 14.8 Å². The number of aryl methyl sites for hydroxylation is 1. The number of pyridine rings is 1. The number of methoxy groups -OCH3 is 1. The molecule has 1 fully saturated rings. The summed E-state index contributed by atoms with van der Waals surface area (Å²) < 4.78 is 11.1. The zero-order valence-corrected chi connectivity index (χ0v) is 16.1. The van der Waals surface area contributed by atoms with Gasteiger partial charge in [0.15, 0.2) is 5.75 Å². The summed E-state index contributed by atoms with van der Waals surface area (Å²) in [5.74, 6) is 2.50. The molecule has 1 saturated carbocycles. The molecular weight excluding hydrogens is 324 g/mol. The monoisotopic (exact) mass is 354 g/mol. The number of rotatable bonds is 7. The van der Waals surface area contributed by atoms with E-state index < -0.39 is 0 Å². The molecule has 4 heteroatoms. The zero-order chi connectivity index (χ0) is 18.4. The van der Waals surface area contributed by atoms with E-state index in [4.69, 9.17) is 9.47 Å². The molecule has 3 rings (SSSR count). The summed E-state index contributed by atoms with van der Waals surface area (Å²) in [6.07, 6.45) is 7.51. The minimum atomic E-state index is 0.495. The Kier molecular flexibility index (Phi) is 6.37. The minimum Gasteiger partial charge on any atom is -0.494 e. The minimum absolute atomic E-state index is 0.495. The van der Waals surface area contributed by atoms with Gasteiger partial charge in [0.05, 0.1) is 25.1 Å². The lowest BCUT2D eigenvalue weighted by Crippen LogP contribution is -2.25. The number of hydrogen-bond acceptors (Lipinski definition) is 4. The highest BCUT2D eigenvalue weighted by molar-refractivity contribution is 5.58. The standard InChI is InChI=1S/C22H30N2O2/c1-4-20-22(25-3)21(14-15-23-20)24-18-10-6-16(7-11-18)17-8-12-19(13-9-17)26-5-2/h8-9,12-16,18H,4-7,10-11H2,1-3H3,(H,23,24)/t16-,18+. The van der Waals surface area contributed by atoms with Crippen molar-refractivity contribution in [2.75, 3.05) is 19.0 Å². The van der Waals surface area contributed by atoms with Crippen molar-refractivity contribution < 1.29 is 9.47 Å². The van der Waals surface area contributed by atoms with E-state index in [0.29, 0.717) is 18.6 Å². The molecule has 1 aliphatic carbocycles. The third-order valence-electron chi connectivity index (χ3n) is 5.27. The topological polar surface area (TPSA) is 43.4 Å². The second-order valence-electron chi connectivity index (χ2n) is 6.89. The van der Waals surface area contributed by atoms with Crippen LogP contribution >= 0.6 is 0 Å². The molecule has 0 aliphatic heterocycles. The van der Waals surface area contributed by atoms with Crippen LogP contribution in [0.1, 0.15) is 56.7 Å². The van der Waals surface area contributed by atoms with Gasteiger partial charge in [-0.2, -0.15) is 0 Å². The van der Waals surface area contributed by atoms with E-state index in [-0.39, 0.29) is 0 Å². The van der Waals surface area contributed by atoms with E-state index in [2.05, 4.69) is 41.5 Å². The second-order valence-corrected chi connectivity index (χ2v) is 6.89. The van der Waals surface area contributed by atoms with Gasteiger partial charge in [-0.1, -0.05) is 19.1 Å². The van der Waals surface area contributed by atoms with Crippen molar-refractivity contribution >= 4 is 5.69 Å². The first-order valence-electron chi connectivity index (χ1n) is 9.76. The number of nitrogens with zero attached hydrogens (tertiary/aromatic N) is 1. The van der Waals surface area contributed by atoms with Gasteiger partial charge in [0, 0.05) is 12.2 Å². The van der Waals surface area contributed by atoms with Crippen LogP contribution in [0, 0.1) is 0 Å². The molecule has 1 aliphatic rings. The molecule has 2 aromatic rings. The molecule has 140 valence electrons. The van der Waals surface area contributed by atoms with E-state index in [9.17, 15) is 0 Å². The van der Waals surface area contributed by atoms with Crippen LogP contribution in [0.2, 0.25) is 0 Å². The number of nitrogens with one attached hydrogen (secondary N) is 1. The fourth-order valence-electron chi connectivity index (χ4n) is 3.88. The van der Waals surface area contributed by atoms with E-state index in [1.807, 2.05) is 19.2 Å². The summed E-state index contributed by atoms with van der Waals surface area (Å²) in [4.78, 5) is 4.42. The molecule has 0 bridgehead atoms. The summed E-state index contributed by atoms with van der Waals surface area (Å²) in [6, 6.07) is 11.2. The van der Waals surface area contributed by atoms with Gasteiger partial charge in [-0.05, 0) is 68.7 Å². The Morgan fingerprint density at radius 2 is 1.77 bits per heavy atom. The van der Waals surface area contributed by atoms with Gasteiger partial charge in [0.1, 0.15) is 5.75 Å². The van der Waals surface area contributed by atoms with Gasteiger partial charge in [-0.15, -0.1) is 0 Å². The van der Waals surface area contributed by atoms with Crippen LogP contribution in [0.5, 0.6) is 11.5 Å². The molecule has 1 N–H and O–H groups in total. The first-order chi connectivity index (χ1) is 12.7. The fourth-order valence-corrected chi connectivity index (χ4v) is 3.88. The van der Waals surface area contributed by atoms with Crippen molar-refractivity contribution in [3.8, 4) is 11.5 Å². The van der Waals surface area contributed by atoms with Crippen LogP contribution in [-0.4, -0.2) is 24.7 Å². The van der Waals surface area contributed by atoms with Crippen molar-refractivity contribution in [1.82, 2.24) is 4.98 Å². The largest absolute Gasteiger partial charge is 0.494 e. The summed E-state index contributed by atoms with van der Waals surface area (Å²) in [6.45, 7) is 4.84. The van der Waals surface area contributed by atoms with Crippen LogP contribution in [0.4, 0.5) is 5.69 Å². The summed E-state index contributed by atoms with van der Waals surface area (Å²) in [5.41, 5.74) is 3.52. The predicted molar refractivity (Wildman–Crippen MR) is 106 cm³/mol. The Balaban J connectivity index is 1.59. The SMILES string of the molecule is CCOc1ccc([C@H]2CC[C@@H](Nc3ccnc(CC)c3OC)CC2)cc1. The molecule has 0 unspecified atom stereocenters. The van der Waals surface area contributed by atoms with Crippen molar-refractivity contribution in [2.45, 2.75) is 57.9 Å². The van der Waals surface area contributed by atoms with Crippen molar-refractivity contribution in [1.29, 1.82) is 0 Å². The third kappa shape index (κ3) is 4.29. The van der Waals surface area contributed by atoms with Crippen molar-refractivity contribution in [2.24, 2.45) is 0 Å². The Morgan fingerprint density at radius 1 is 1.04 bits per heavy atom. The number of aromatic nitrogens is 1. The molecule has 0 saturated heterocycles. The first-order valence-corrected chi connectivity index (χ1v) is 9.76. The normalized spacial score (nSPS) is 19.8. The maximum absolute atomic E-state index is 5.59. The van der Waals surface area contributed by atoms with Gasteiger partial charge in [-0.3, -0.25) is 4.98 Å². The highest BCUT2D eigenvalue weighted by atomic mass is 16.5. The predicted octanol–water partition coefficient (Wildman–Crippen LogP) is 5.19. The average Bonchev–Trinajstić information content (AvgIpc) is 2.69. The highest BCUT2D eigenvalue weighted by Gasteiger charge is 2.23. The lowest BCUT2D eigenvalue weighted by atomic mass is 9.81. The summed E-state index contributed by atoms with van der Waals surface area (Å²) in [5, 5.41) is 3.69. The van der Waals surface area contributed by atoms with Crippen molar-refractivity contribution in [3.05, 3.63) is 47.8 Å². The molecule has 0 radical (unpaired) electrons. The molecular formula is C22H30N2O2. The smallest absolute Gasteiger partial charge is 0.163 e. The average molecular weight is 354 g/mol. The number of benzene rings is 1. The summed E-state index contributed by atoms with van der Waals surface area (Å²) in [7, 11) is 1.73. The maximum atomic E-state index is 5.59. The number of hydrogen-bond donors (Lipinski definition) is 1. The van der Waals surface area contributed by atoms with E-state index in [1.54, 1.807) is 7.11 Å². The van der Waals surface area contributed by atoms with E-state index in [0.717, 1.165) is 29.3 Å². The van der Waals surface area contributed by atoms with E-state index in [1.165, 1.54) is 31.2 Å². The zero-order valence-electron chi connectivity index (χ0n) is 16.1. The quantitative estimate of drug-likeness (QED) is 0.743. The van der Waals surface area contributed by atoms with Gasteiger partial charge in [0.25, 0.3) is 0 Å². The summed E-state index contributed by atoms with van der Waals surface area (Å²) >= 11 is 0. The Bertz CT molecular complexity index is 692. The van der Waals surface area contributed by atoms with Crippen LogP contribution < -0.4 is 14.8 Å². The Hall–Kier alpha value is -2.23. The lowest BCUT2D eigenvalue weighted by Gasteiger charge is -2.30. The fraction of sp³-hybridized carbons (Fsp3) is 0.500. The molecule has 1 aromatic heterocycles. The van der Waals surface area contributed by atoms with Crippen LogP contribution in [0.3, 0.4) is 0 Å². The molecule has 0 spiro atoms. The third-order valence-corrected chi connectivity index (χ3v) is 5.27. The first kappa shape index (κ1) is 18.6. The van der Waals surface area contributed by atoms with Gasteiger partial charge >= 0.3 is 0 Å². The van der Waals surface area contributed by atoms with Crippen LogP contribution in [-0.2, 0) is 6.42 Å². The molecule has 0 atom stereocenters. The van der Waals surface area contributed by atoms with Crippen LogP contribution in [0.25, 0.3) is 0 Å². The Morgan fingerprint density at radius 3 is 2.38 bits per heavy atom.